The van der Waals surface area contributed by atoms with Crippen LogP contribution in [0, 0.1) is 10.1 Å². The van der Waals surface area contributed by atoms with E-state index in [1.807, 2.05) is 4.90 Å². The zero-order valence-electron chi connectivity index (χ0n) is 16.0. The van der Waals surface area contributed by atoms with Gasteiger partial charge in [-0.1, -0.05) is 0 Å². The lowest BCUT2D eigenvalue weighted by Crippen LogP contribution is -2.43. The van der Waals surface area contributed by atoms with E-state index in [9.17, 15) is 23.3 Å². The van der Waals surface area contributed by atoms with Crippen LogP contribution in [0.2, 0.25) is 0 Å². The molecule has 31 heavy (non-hydrogen) atoms. The molecule has 1 aromatic heterocycles. The quantitative estimate of drug-likeness (QED) is 0.504. The van der Waals surface area contributed by atoms with Crippen molar-refractivity contribution >= 4 is 6.02 Å². The molecule has 0 N–H and O–H groups in total. The van der Waals surface area contributed by atoms with E-state index in [-0.39, 0.29) is 18.2 Å². The molecule has 0 aliphatic carbocycles. The van der Waals surface area contributed by atoms with Crippen LogP contribution >= 0.6 is 0 Å². The van der Waals surface area contributed by atoms with Crippen LogP contribution in [-0.4, -0.2) is 76.3 Å². The fourth-order valence-electron chi connectivity index (χ4n) is 3.18. The van der Waals surface area contributed by atoms with Crippen molar-refractivity contribution in [2.75, 3.05) is 32.8 Å². The molecule has 4 rings (SSSR count). The maximum atomic E-state index is 12.3. The molecule has 1 saturated heterocycles. The lowest BCUT2D eigenvalue weighted by Gasteiger charge is -2.28. The highest BCUT2D eigenvalue weighted by molar-refractivity contribution is 5.75. The van der Waals surface area contributed by atoms with Gasteiger partial charge in [-0.15, -0.1) is 23.4 Å². The maximum Gasteiger partial charge on any atom is 0.573 e. The molecular formula is C17H17F3N6O5. The van der Waals surface area contributed by atoms with E-state index < -0.39 is 17.5 Å². The number of aliphatic imine (C=N–C) groups is 1. The molecule has 1 fully saturated rings. The second-order valence-electron chi connectivity index (χ2n) is 6.82. The molecule has 1 unspecified atom stereocenters. The SMILES string of the molecule is O=[N+]([O-])C1CN2CCN(Cc3nnc(-c4ccc(OC(F)(F)F)cc4)o3)CCOC2=N1. The average Bonchev–Trinajstić information content (AvgIpc) is 3.30. The van der Waals surface area contributed by atoms with Crippen molar-refractivity contribution in [1.29, 1.82) is 0 Å². The standard InChI is InChI=1S/C17H17F3N6O5/c18-17(19,20)31-12-3-1-11(2-4-12)15-23-22-14(30-15)10-24-5-6-25-9-13(26(27)28)21-16(25)29-8-7-24/h1-4,13H,5-10H2. The van der Waals surface area contributed by atoms with Gasteiger partial charge in [0.1, 0.15) is 18.9 Å². The number of aromatic nitrogens is 2. The summed E-state index contributed by atoms with van der Waals surface area (Å²) >= 11 is 0. The Morgan fingerprint density at radius 2 is 1.97 bits per heavy atom. The average molecular weight is 442 g/mol. The largest absolute Gasteiger partial charge is 0.573 e. The van der Waals surface area contributed by atoms with Crippen LogP contribution in [0.1, 0.15) is 5.89 Å². The molecule has 14 heteroatoms. The van der Waals surface area contributed by atoms with Gasteiger partial charge in [-0.2, -0.15) is 4.99 Å². The number of nitro groups is 1. The van der Waals surface area contributed by atoms with Gasteiger partial charge in [0, 0.05) is 30.1 Å². The first-order valence-corrected chi connectivity index (χ1v) is 9.27. The Morgan fingerprint density at radius 1 is 1.19 bits per heavy atom. The first-order valence-electron chi connectivity index (χ1n) is 9.27. The van der Waals surface area contributed by atoms with Crippen LogP contribution in [-0.2, 0) is 11.3 Å². The first-order chi connectivity index (χ1) is 14.8. The Morgan fingerprint density at radius 3 is 2.68 bits per heavy atom. The zero-order valence-corrected chi connectivity index (χ0v) is 16.0. The highest BCUT2D eigenvalue weighted by atomic mass is 19.4. The number of halogens is 3. The predicted octanol–water partition coefficient (Wildman–Crippen LogP) is 1.74. The second kappa shape index (κ2) is 8.37. The maximum absolute atomic E-state index is 12.3. The molecule has 0 spiro atoms. The number of rotatable bonds is 5. The number of hydrogen-bond acceptors (Lipinski definition) is 10. The number of amidine groups is 1. The fraction of sp³-hybridized carbons (Fsp3) is 0.471. The minimum atomic E-state index is -4.76. The van der Waals surface area contributed by atoms with E-state index >= 15 is 0 Å². The van der Waals surface area contributed by atoms with Crippen molar-refractivity contribution < 1.29 is 32.0 Å². The van der Waals surface area contributed by atoms with Crippen molar-refractivity contribution in [2.45, 2.75) is 19.1 Å². The zero-order chi connectivity index (χ0) is 22.0. The molecule has 2 aliphatic rings. The summed E-state index contributed by atoms with van der Waals surface area (Å²) in [5.74, 6) is 0.144. The summed E-state index contributed by atoms with van der Waals surface area (Å²) in [6.45, 7) is 2.37. The Hall–Kier alpha value is -3.42. The smallest absolute Gasteiger partial charge is 0.464 e. The Kier molecular flexibility index (Phi) is 5.63. The van der Waals surface area contributed by atoms with E-state index in [2.05, 4.69) is 19.9 Å². The lowest BCUT2D eigenvalue weighted by atomic mass is 10.2. The number of ether oxygens (including phenoxy) is 2. The molecule has 0 radical (unpaired) electrons. The van der Waals surface area contributed by atoms with E-state index in [0.717, 1.165) is 12.1 Å². The Labute approximate surface area is 173 Å². The summed E-state index contributed by atoms with van der Waals surface area (Å²) in [4.78, 5) is 18.2. The summed E-state index contributed by atoms with van der Waals surface area (Å²) in [5, 5.41) is 18.9. The van der Waals surface area contributed by atoms with Crippen molar-refractivity contribution in [3.05, 3.63) is 40.3 Å². The third kappa shape index (κ3) is 5.20. The van der Waals surface area contributed by atoms with Gasteiger partial charge in [-0.25, -0.2) is 0 Å². The second-order valence-corrected chi connectivity index (χ2v) is 6.82. The van der Waals surface area contributed by atoms with Gasteiger partial charge in [-0.3, -0.25) is 15.0 Å². The fourth-order valence-corrected chi connectivity index (χ4v) is 3.18. The third-order valence-corrected chi connectivity index (χ3v) is 4.64. The number of hydrogen-bond donors (Lipinski definition) is 0. The molecule has 2 aromatic rings. The van der Waals surface area contributed by atoms with Crippen LogP contribution in [0.3, 0.4) is 0 Å². The van der Waals surface area contributed by atoms with Gasteiger partial charge in [0.15, 0.2) is 0 Å². The van der Waals surface area contributed by atoms with Gasteiger partial charge < -0.3 is 18.8 Å². The summed E-state index contributed by atoms with van der Waals surface area (Å²) < 4.78 is 51.8. The molecule has 3 heterocycles. The normalized spacial score (nSPS) is 19.8. The Bertz CT molecular complexity index is 964. The van der Waals surface area contributed by atoms with Crippen LogP contribution < -0.4 is 4.74 Å². The van der Waals surface area contributed by atoms with Crippen LogP contribution in [0.15, 0.2) is 33.7 Å². The van der Waals surface area contributed by atoms with Crippen molar-refractivity contribution in [3.63, 3.8) is 0 Å². The first kappa shape index (κ1) is 20.8. The molecule has 1 aromatic carbocycles. The highest BCUT2D eigenvalue weighted by Crippen LogP contribution is 2.26. The third-order valence-electron chi connectivity index (χ3n) is 4.64. The van der Waals surface area contributed by atoms with Crippen LogP contribution in [0.5, 0.6) is 5.75 Å². The number of benzene rings is 1. The molecule has 2 aliphatic heterocycles. The van der Waals surface area contributed by atoms with Crippen molar-refractivity contribution in [3.8, 4) is 17.2 Å². The van der Waals surface area contributed by atoms with Gasteiger partial charge in [-0.05, 0) is 24.3 Å². The van der Waals surface area contributed by atoms with Crippen LogP contribution in [0.4, 0.5) is 13.2 Å². The van der Waals surface area contributed by atoms with Gasteiger partial charge in [0.2, 0.25) is 11.8 Å². The summed E-state index contributed by atoms with van der Waals surface area (Å²) in [6.07, 6.45) is -5.78. The van der Waals surface area contributed by atoms with E-state index in [1.54, 1.807) is 4.90 Å². The van der Waals surface area contributed by atoms with Crippen molar-refractivity contribution in [2.24, 2.45) is 4.99 Å². The molecule has 166 valence electrons. The van der Waals surface area contributed by atoms with Gasteiger partial charge in [0.05, 0.1) is 6.54 Å². The van der Waals surface area contributed by atoms with Crippen LogP contribution in [0.25, 0.3) is 11.5 Å². The Balaban J connectivity index is 1.35. The molecule has 1 atom stereocenters. The topological polar surface area (TPSA) is 119 Å². The minimum absolute atomic E-state index is 0.162. The molecule has 0 amide bonds. The van der Waals surface area contributed by atoms with E-state index in [1.165, 1.54) is 12.1 Å². The van der Waals surface area contributed by atoms with E-state index in [4.69, 9.17) is 9.15 Å². The number of nitrogens with zero attached hydrogens (tertiary/aromatic N) is 6. The lowest BCUT2D eigenvalue weighted by molar-refractivity contribution is -0.518. The molecule has 0 bridgehead atoms. The summed E-state index contributed by atoms with van der Waals surface area (Å²) in [6, 6.07) is 5.40. The minimum Gasteiger partial charge on any atom is -0.464 e. The van der Waals surface area contributed by atoms with Gasteiger partial charge >= 0.3 is 12.5 Å². The van der Waals surface area contributed by atoms with E-state index in [0.29, 0.717) is 50.3 Å². The van der Waals surface area contributed by atoms with Gasteiger partial charge in [0.25, 0.3) is 6.02 Å². The monoisotopic (exact) mass is 442 g/mol. The number of fused-ring (bicyclic) bond motifs is 1. The predicted molar refractivity (Wildman–Crippen MR) is 97.4 cm³/mol. The van der Waals surface area contributed by atoms with Crippen molar-refractivity contribution in [1.82, 2.24) is 20.0 Å². The summed E-state index contributed by atoms with van der Waals surface area (Å²) in [7, 11) is 0. The molecule has 0 saturated carbocycles. The molecule has 11 nitrogen and oxygen atoms in total. The number of alkyl halides is 3. The molecular weight excluding hydrogens is 425 g/mol. The highest BCUT2D eigenvalue weighted by Gasteiger charge is 2.35. The summed E-state index contributed by atoms with van der Waals surface area (Å²) in [5.41, 5.74) is 0.452.